The maximum Gasteiger partial charge on any atom is 0.407 e. The molecule has 1 heterocycles. The molecule has 10 nitrogen and oxygen atoms in total. The summed E-state index contributed by atoms with van der Waals surface area (Å²) in [5.41, 5.74) is 5.95. The Morgan fingerprint density at radius 3 is 2.50 bits per heavy atom. The van der Waals surface area contributed by atoms with Gasteiger partial charge in [-0.3, -0.25) is 4.79 Å². The number of primary amides is 1. The Bertz CT molecular complexity index is 1030. The molecule has 4 N–H and O–H groups in total. The monoisotopic (exact) mass is 501 g/mol. The molecule has 4 fully saturated rings. The van der Waals surface area contributed by atoms with Gasteiger partial charge >= 0.3 is 12.2 Å². The minimum Gasteiger partial charge on any atom is -0.453 e. The van der Waals surface area contributed by atoms with Crippen molar-refractivity contribution in [3.8, 4) is 0 Å². The first-order chi connectivity index (χ1) is 16.9. The maximum atomic E-state index is 13.5. The van der Waals surface area contributed by atoms with Crippen molar-refractivity contribution in [2.24, 2.45) is 28.9 Å². The first-order valence-corrected chi connectivity index (χ1v) is 12.8. The SMILES string of the molecule is COC(=O)NC(C)(C)/C=C/n1ncc(C(=O)N[C@H]2C3CC4CC2C[C@](COC(N)=O)(C4)C3)c1C(C)C. The number of hydrogen-bond donors (Lipinski definition) is 3. The highest BCUT2D eigenvalue weighted by Crippen LogP contribution is 2.60. The van der Waals surface area contributed by atoms with Crippen molar-refractivity contribution < 1.29 is 23.9 Å². The van der Waals surface area contributed by atoms with Crippen molar-refractivity contribution in [1.29, 1.82) is 0 Å². The van der Waals surface area contributed by atoms with Crippen molar-refractivity contribution in [3.05, 3.63) is 23.5 Å². The summed E-state index contributed by atoms with van der Waals surface area (Å²) in [5.74, 6) is 1.32. The van der Waals surface area contributed by atoms with Crippen LogP contribution in [0.3, 0.4) is 0 Å². The summed E-state index contributed by atoms with van der Waals surface area (Å²) >= 11 is 0. The van der Waals surface area contributed by atoms with Gasteiger partial charge in [0.15, 0.2) is 0 Å². The summed E-state index contributed by atoms with van der Waals surface area (Å²) in [6.07, 6.45) is 9.13. The fourth-order valence-electron chi connectivity index (χ4n) is 6.91. The molecule has 1 aromatic heterocycles. The van der Waals surface area contributed by atoms with E-state index in [-0.39, 0.29) is 23.3 Å². The van der Waals surface area contributed by atoms with Gasteiger partial charge in [0, 0.05) is 17.7 Å². The number of nitrogens with one attached hydrogen (secondary N) is 2. The van der Waals surface area contributed by atoms with Crippen molar-refractivity contribution in [1.82, 2.24) is 20.4 Å². The van der Waals surface area contributed by atoms with Crippen LogP contribution in [0.15, 0.2) is 12.3 Å². The summed E-state index contributed by atoms with van der Waals surface area (Å²) in [7, 11) is 1.32. The Labute approximate surface area is 212 Å². The van der Waals surface area contributed by atoms with Gasteiger partial charge in [-0.05, 0) is 75.7 Å². The van der Waals surface area contributed by atoms with Crippen LogP contribution >= 0.6 is 0 Å². The summed E-state index contributed by atoms with van der Waals surface area (Å²) < 4.78 is 11.6. The van der Waals surface area contributed by atoms with E-state index >= 15 is 0 Å². The zero-order valence-electron chi connectivity index (χ0n) is 21.9. The Hall–Kier alpha value is -3.04. The van der Waals surface area contributed by atoms with E-state index in [2.05, 4.69) is 15.7 Å². The molecule has 4 aliphatic rings. The van der Waals surface area contributed by atoms with Crippen molar-refractivity contribution in [2.75, 3.05) is 13.7 Å². The zero-order chi connectivity index (χ0) is 26.3. The van der Waals surface area contributed by atoms with Gasteiger partial charge < -0.3 is 25.8 Å². The van der Waals surface area contributed by atoms with E-state index in [0.29, 0.717) is 29.9 Å². The number of alkyl carbamates (subject to hydrolysis) is 1. The van der Waals surface area contributed by atoms with Crippen molar-refractivity contribution in [2.45, 2.75) is 77.3 Å². The second-order valence-corrected chi connectivity index (χ2v) is 11.8. The largest absolute Gasteiger partial charge is 0.453 e. The third kappa shape index (κ3) is 5.37. The summed E-state index contributed by atoms with van der Waals surface area (Å²) in [6, 6.07) is 0.109. The van der Waals surface area contributed by atoms with Crippen LogP contribution in [0.4, 0.5) is 9.59 Å². The second kappa shape index (κ2) is 9.78. The van der Waals surface area contributed by atoms with Crippen LogP contribution in [-0.2, 0) is 9.47 Å². The van der Waals surface area contributed by atoms with E-state index in [0.717, 1.165) is 37.8 Å². The Balaban J connectivity index is 1.48. The molecule has 4 aliphatic carbocycles. The van der Waals surface area contributed by atoms with Crippen LogP contribution in [0.5, 0.6) is 0 Å². The maximum absolute atomic E-state index is 13.5. The number of nitrogens with zero attached hydrogens (tertiary/aromatic N) is 2. The minimum atomic E-state index is -0.715. The van der Waals surface area contributed by atoms with Crippen LogP contribution in [0.25, 0.3) is 6.20 Å². The number of nitrogens with two attached hydrogens (primary N) is 1. The topological polar surface area (TPSA) is 138 Å². The minimum absolute atomic E-state index is 0.00341. The van der Waals surface area contributed by atoms with Crippen molar-refractivity contribution in [3.63, 3.8) is 0 Å². The van der Waals surface area contributed by atoms with Crippen molar-refractivity contribution >= 4 is 24.3 Å². The lowest BCUT2D eigenvalue weighted by molar-refractivity contribution is -0.0977. The first-order valence-electron chi connectivity index (χ1n) is 12.8. The number of amides is 3. The van der Waals surface area contributed by atoms with E-state index in [1.54, 1.807) is 17.1 Å². The number of carbonyl (C=O) groups is 3. The molecule has 2 unspecified atom stereocenters. The fraction of sp³-hybridized carbons (Fsp3) is 0.692. The molecule has 4 bridgehead atoms. The molecule has 1 aromatic rings. The Morgan fingerprint density at radius 2 is 1.92 bits per heavy atom. The van der Waals surface area contributed by atoms with Gasteiger partial charge in [0.05, 0.1) is 36.7 Å². The average molecular weight is 502 g/mol. The number of rotatable bonds is 8. The lowest BCUT2D eigenvalue weighted by Crippen LogP contribution is -2.60. The van der Waals surface area contributed by atoms with Crippen LogP contribution in [0, 0.1) is 23.2 Å². The first kappa shape index (κ1) is 26.0. The van der Waals surface area contributed by atoms with Gasteiger partial charge in [-0.15, -0.1) is 0 Å². The number of ether oxygens (including phenoxy) is 2. The molecule has 0 aliphatic heterocycles. The van der Waals surface area contributed by atoms with E-state index in [1.807, 2.05) is 33.8 Å². The van der Waals surface area contributed by atoms with Crippen LogP contribution in [-0.4, -0.2) is 53.2 Å². The number of methoxy groups -OCH3 is 1. The normalized spacial score (nSPS) is 28.9. The molecule has 4 saturated carbocycles. The molecular weight excluding hydrogens is 462 g/mol. The molecule has 198 valence electrons. The summed E-state index contributed by atoms with van der Waals surface area (Å²) in [6.45, 7) is 8.13. The number of aromatic nitrogens is 2. The molecule has 3 amide bonds. The molecule has 0 radical (unpaired) electrons. The van der Waals surface area contributed by atoms with E-state index in [9.17, 15) is 14.4 Å². The van der Waals surface area contributed by atoms with Gasteiger partial charge in [0.25, 0.3) is 5.91 Å². The van der Waals surface area contributed by atoms with E-state index < -0.39 is 17.7 Å². The van der Waals surface area contributed by atoms with Gasteiger partial charge in [-0.2, -0.15) is 5.10 Å². The molecule has 2 atom stereocenters. The fourth-order valence-corrected chi connectivity index (χ4v) is 6.91. The van der Waals surface area contributed by atoms with Gasteiger partial charge in [0.2, 0.25) is 0 Å². The Morgan fingerprint density at radius 1 is 1.25 bits per heavy atom. The summed E-state index contributed by atoms with van der Waals surface area (Å²) in [5, 5.41) is 10.6. The predicted octanol–water partition coefficient (Wildman–Crippen LogP) is 3.63. The van der Waals surface area contributed by atoms with Crippen LogP contribution in [0.1, 0.15) is 81.8 Å². The molecular formula is C26H39N5O5. The molecule has 36 heavy (non-hydrogen) atoms. The zero-order valence-corrected chi connectivity index (χ0v) is 21.9. The quantitative estimate of drug-likeness (QED) is 0.497. The highest BCUT2D eigenvalue weighted by molar-refractivity contribution is 5.95. The lowest BCUT2D eigenvalue weighted by atomic mass is 9.48. The smallest absolute Gasteiger partial charge is 0.407 e. The molecule has 0 spiro atoms. The lowest BCUT2D eigenvalue weighted by Gasteiger charge is -2.59. The third-order valence-corrected chi connectivity index (χ3v) is 8.09. The average Bonchev–Trinajstić information content (AvgIpc) is 3.23. The second-order valence-electron chi connectivity index (χ2n) is 11.8. The molecule has 0 saturated heterocycles. The predicted molar refractivity (Wildman–Crippen MR) is 134 cm³/mol. The molecule has 5 rings (SSSR count). The molecule has 0 aromatic carbocycles. The Kier molecular flexibility index (Phi) is 7.07. The van der Waals surface area contributed by atoms with E-state index in [4.69, 9.17) is 15.2 Å². The van der Waals surface area contributed by atoms with Gasteiger partial charge in [0.1, 0.15) is 0 Å². The highest BCUT2D eigenvalue weighted by atomic mass is 16.5. The number of carbonyl (C=O) groups excluding carboxylic acids is 3. The van der Waals surface area contributed by atoms with E-state index in [1.165, 1.54) is 7.11 Å². The third-order valence-electron chi connectivity index (χ3n) is 8.09. The highest BCUT2D eigenvalue weighted by Gasteiger charge is 2.56. The van der Waals surface area contributed by atoms with Crippen LogP contribution < -0.4 is 16.4 Å². The van der Waals surface area contributed by atoms with Gasteiger partial charge in [-0.1, -0.05) is 13.8 Å². The van der Waals surface area contributed by atoms with Gasteiger partial charge in [-0.25, -0.2) is 14.3 Å². The summed E-state index contributed by atoms with van der Waals surface area (Å²) in [4.78, 5) is 36.3. The number of hydrogen-bond acceptors (Lipinski definition) is 6. The standard InChI is InChI=1S/C26H39N5O5/c1-15(2)21-19(13-28-31(21)7-6-25(3,4)30-24(34)35-5)22(32)29-20-17-8-16-9-18(20)12-26(10-16,11-17)14-36-23(27)33/h6-7,13,15-18,20H,8-12,14H2,1-5H3,(H2,27,33)(H,29,32)(H,30,34)/b7-6+/t16?,17?,18?,20-,26-. The van der Waals surface area contributed by atoms with Crippen LogP contribution in [0.2, 0.25) is 0 Å². The molecule has 10 heteroatoms.